The summed E-state index contributed by atoms with van der Waals surface area (Å²) < 4.78 is 0. The van der Waals surface area contributed by atoms with Crippen molar-refractivity contribution < 1.29 is 9.90 Å². The zero-order chi connectivity index (χ0) is 6.85. The van der Waals surface area contributed by atoms with E-state index in [-0.39, 0.29) is 12.4 Å². The molecule has 50 valence electrons. The Labute approximate surface area is 51.7 Å². The average molecular weight is 129 g/mol. The highest BCUT2D eigenvalue weighted by atomic mass is 16.3. The second kappa shape index (κ2) is 1.94. The predicted octanol–water partition coefficient (Wildman–Crippen LogP) is -1.35. The summed E-state index contributed by atoms with van der Waals surface area (Å²) in [4.78, 5) is 10.6. The van der Waals surface area contributed by atoms with Crippen LogP contribution in [0, 0.1) is 0 Å². The van der Waals surface area contributed by atoms with Crippen LogP contribution in [0.25, 0.3) is 0 Å². The molecule has 4 N–H and O–H groups in total. The maximum absolute atomic E-state index is 10.6. The van der Waals surface area contributed by atoms with Crippen LogP contribution in [0.15, 0.2) is 12.0 Å². The van der Waals surface area contributed by atoms with Gasteiger partial charge in [0.1, 0.15) is 6.67 Å². The highest BCUT2D eigenvalue weighted by Crippen LogP contribution is 1.95. The number of nitrogens with one attached hydrogen (secondary N) is 1. The molecule has 0 unspecified atom stereocenters. The van der Waals surface area contributed by atoms with Crippen molar-refractivity contribution in [1.82, 2.24) is 10.3 Å². The lowest BCUT2D eigenvalue weighted by Crippen LogP contribution is -2.46. The van der Waals surface area contributed by atoms with Gasteiger partial charge in [-0.2, -0.15) is 0 Å². The zero-order valence-electron chi connectivity index (χ0n) is 4.66. The van der Waals surface area contributed by atoms with E-state index in [4.69, 9.17) is 10.9 Å². The molecule has 5 heteroatoms. The fourth-order valence-corrected chi connectivity index (χ4v) is 0.521. The third-order valence-corrected chi connectivity index (χ3v) is 0.980. The second-order valence-corrected chi connectivity index (χ2v) is 1.67. The molecular weight excluding hydrogens is 122 g/mol. The van der Waals surface area contributed by atoms with Crippen LogP contribution in [0.2, 0.25) is 0 Å². The number of hydrazine groups is 1. The van der Waals surface area contributed by atoms with Crippen LogP contribution in [0.5, 0.6) is 0 Å². The number of rotatable bonds is 0. The summed E-state index contributed by atoms with van der Waals surface area (Å²) >= 11 is 0. The first kappa shape index (κ1) is 5.90. The molecule has 1 rings (SSSR count). The summed E-state index contributed by atoms with van der Waals surface area (Å²) in [6.45, 7) is 0.239. The number of nitrogens with two attached hydrogens (primary N) is 1. The van der Waals surface area contributed by atoms with E-state index in [0.29, 0.717) is 0 Å². The minimum Gasteiger partial charge on any atom is -0.502 e. The molecule has 9 heavy (non-hydrogen) atoms. The molecule has 1 heterocycles. The largest absolute Gasteiger partial charge is 0.502 e. The molecule has 0 fully saturated rings. The number of hydrogen-bond acceptors (Lipinski definition) is 4. The van der Waals surface area contributed by atoms with Crippen LogP contribution >= 0.6 is 0 Å². The molecule has 0 spiro atoms. The third-order valence-electron chi connectivity index (χ3n) is 0.980. The minimum absolute atomic E-state index is 0.239. The summed E-state index contributed by atoms with van der Waals surface area (Å²) in [7, 11) is 0. The van der Waals surface area contributed by atoms with Crippen molar-refractivity contribution in [3.63, 3.8) is 0 Å². The molecule has 0 radical (unpaired) electrons. The van der Waals surface area contributed by atoms with Crippen LogP contribution < -0.4 is 11.2 Å². The monoisotopic (exact) mass is 129 g/mol. The summed E-state index contributed by atoms with van der Waals surface area (Å²) in [6.07, 6.45) is 1.21. The van der Waals surface area contributed by atoms with Crippen molar-refractivity contribution in [2.75, 3.05) is 6.67 Å². The van der Waals surface area contributed by atoms with E-state index < -0.39 is 5.91 Å². The average Bonchev–Trinajstić information content (AvgIpc) is 1.83. The van der Waals surface area contributed by atoms with Gasteiger partial charge in [0.25, 0.3) is 0 Å². The van der Waals surface area contributed by atoms with E-state index in [1.165, 1.54) is 6.20 Å². The molecule has 0 aromatic carbocycles. The Morgan fingerprint density at radius 1 is 1.89 bits per heavy atom. The second-order valence-electron chi connectivity index (χ2n) is 1.67. The highest BCUT2D eigenvalue weighted by molar-refractivity contribution is 5.91. The number of amides is 1. The molecule has 5 nitrogen and oxygen atoms in total. The zero-order valence-corrected chi connectivity index (χ0v) is 4.66. The molecule has 0 aromatic rings. The van der Waals surface area contributed by atoms with E-state index >= 15 is 0 Å². The number of carbonyl (C=O) groups is 1. The van der Waals surface area contributed by atoms with Crippen molar-refractivity contribution >= 4 is 5.91 Å². The van der Waals surface area contributed by atoms with Gasteiger partial charge in [0.2, 0.25) is 0 Å². The Balaban J connectivity index is 2.74. The van der Waals surface area contributed by atoms with E-state index in [1.807, 2.05) is 0 Å². The van der Waals surface area contributed by atoms with Gasteiger partial charge in [0.05, 0.1) is 0 Å². The first-order valence-electron chi connectivity index (χ1n) is 2.41. The standard InChI is InChI=1S/C4H7N3O2/c5-7-2-6-1-3(8)4(7)9/h1,6,8H,2,5H2. The van der Waals surface area contributed by atoms with E-state index in [2.05, 4.69) is 5.32 Å². The van der Waals surface area contributed by atoms with Crippen LogP contribution in [0.1, 0.15) is 0 Å². The van der Waals surface area contributed by atoms with E-state index in [0.717, 1.165) is 5.01 Å². The Bertz CT molecular complexity index is 165. The Morgan fingerprint density at radius 2 is 2.56 bits per heavy atom. The predicted molar refractivity (Wildman–Crippen MR) is 29.7 cm³/mol. The van der Waals surface area contributed by atoms with Crippen molar-refractivity contribution in [2.45, 2.75) is 0 Å². The van der Waals surface area contributed by atoms with Gasteiger partial charge < -0.3 is 10.4 Å². The molecule has 0 aromatic heterocycles. The molecule has 0 aliphatic carbocycles. The molecule has 1 aliphatic rings. The number of aliphatic hydroxyl groups is 1. The van der Waals surface area contributed by atoms with Crippen molar-refractivity contribution in [3.05, 3.63) is 12.0 Å². The Kier molecular flexibility index (Phi) is 1.27. The smallest absolute Gasteiger partial charge is 0.305 e. The third kappa shape index (κ3) is 0.945. The van der Waals surface area contributed by atoms with Crippen molar-refractivity contribution in [2.24, 2.45) is 5.84 Å². The Morgan fingerprint density at radius 3 is 3.00 bits per heavy atom. The van der Waals surface area contributed by atoms with E-state index in [1.54, 1.807) is 0 Å². The fourth-order valence-electron chi connectivity index (χ4n) is 0.521. The summed E-state index contributed by atoms with van der Waals surface area (Å²) in [5, 5.41) is 12.1. The molecule has 0 bridgehead atoms. The van der Waals surface area contributed by atoms with Gasteiger partial charge in [-0.15, -0.1) is 0 Å². The summed E-state index contributed by atoms with van der Waals surface area (Å²) in [6, 6.07) is 0. The number of nitrogens with zero attached hydrogens (tertiary/aromatic N) is 1. The molecular formula is C4H7N3O2. The highest BCUT2D eigenvalue weighted by Gasteiger charge is 2.16. The summed E-state index contributed by atoms with van der Waals surface area (Å²) in [5.74, 6) is 4.17. The number of carbonyl (C=O) groups excluding carboxylic acids is 1. The van der Waals surface area contributed by atoms with Crippen LogP contribution in [0.4, 0.5) is 0 Å². The van der Waals surface area contributed by atoms with E-state index in [9.17, 15) is 4.79 Å². The quantitative estimate of drug-likeness (QED) is 0.279. The lowest BCUT2D eigenvalue weighted by Gasteiger charge is -2.19. The fraction of sp³-hybridized carbons (Fsp3) is 0.250. The lowest BCUT2D eigenvalue weighted by atomic mass is 10.4. The van der Waals surface area contributed by atoms with Crippen molar-refractivity contribution in [3.8, 4) is 0 Å². The maximum Gasteiger partial charge on any atom is 0.305 e. The molecule has 1 aliphatic heterocycles. The van der Waals surface area contributed by atoms with Gasteiger partial charge in [-0.05, 0) is 0 Å². The van der Waals surface area contributed by atoms with Crippen LogP contribution in [0.3, 0.4) is 0 Å². The lowest BCUT2D eigenvalue weighted by molar-refractivity contribution is -0.131. The molecule has 0 saturated carbocycles. The Hall–Kier alpha value is -1.23. The van der Waals surface area contributed by atoms with Gasteiger partial charge >= 0.3 is 5.91 Å². The summed E-state index contributed by atoms with van der Waals surface area (Å²) in [5.41, 5.74) is 0. The maximum atomic E-state index is 10.6. The molecule has 0 saturated heterocycles. The van der Waals surface area contributed by atoms with Gasteiger partial charge in [0, 0.05) is 6.20 Å². The van der Waals surface area contributed by atoms with Crippen LogP contribution in [-0.4, -0.2) is 22.7 Å². The normalized spacial score (nSPS) is 19.0. The minimum atomic E-state index is -0.561. The number of hydrogen-bond donors (Lipinski definition) is 3. The van der Waals surface area contributed by atoms with Crippen molar-refractivity contribution in [1.29, 1.82) is 0 Å². The van der Waals surface area contributed by atoms with Crippen LogP contribution in [-0.2, 0) is 4.79 Å². The first-order valence-corrected chi connectivity index (χ1v) is 2.41. The van der Waals surface area contributed by atoms with Gasteiger partial charge in [-0.3, -0.25) is 9.80 Å². The topological polar surface area (TPSA) is 78.6 Å². The van der Waals surface area contributed by atoms with Gasteiger partial charge in [-0.25, -0.2) is 5.84 Å². The molecule has 0 atom stereocenters. The van der Waals surface area contributed by atoms with Gasteiger partial charge in [-0.1, -0.05) is 0 Å². The number of aliphatic hydroxyl groups excluding tert-OH is 1. The first-order chi connectivity index (χ1) is 4.22. The SMILES string of the molecule is NN1CNC=C(O)C1=O. The van der Waals surface area contributed by atoms with Gasteiger partial charge in [0.15, 0.2) is 5.76 Å². The molecule has 1 amide bonds.